The van der Waals surface area contributed by atoms with E-state index < -0.39 is 5.41 Å². The van der Waals surface area contributed by atoms with E-state index in [-0.39, 0.29) is 5.41 Å². The van der Waals surface area contributed by atoms with Crippen LogP contribution in [0, 0.1) is 0 Å². The molecule has 0 fully saturated rings. The lowest BCUT2D eigenvalue weighted by molar-refractivity contribution is 0.334. The highest BCUT2D eigenvalue weighted by Crippen LogP contribution is 2.41. The zero-order valence-electron chi connectivity index (χ0n) is 20.2. The average Bonchev–Trinajstić information content (AvgIpc) is 2.92. The van der Waals surface area contributed by atoms with Gasteiger partial charge in [-0.15, -0.1) is 0 Å². The monoisotopic (exact) mass is 469 g/mol. The summed E-state index contributed by atoms with van der Waals surface area (Å²) < 4.78 is 0. The normalized spacial score (nSPS) is 11.7. The second-order valence-corrected chi connectivity index (χ2v) is 9.25. The summed E-state index contributed by atoms with van der Waals surface area (Å²) in [6.45, 7) is 6.61. The highest BCUT2D eigenvalue weighted by molar-refractivity contribution is 5.52. The van der Waals surface area contributed by atoms with E-state index >= 15 is 0 Å². The maximum atomic E-state index is 5.35. The molecule has 0 bridgehead atoms. The third-order valence-electron chi connectivity index (χ3n) is 7.03. The summed E-state index contributed by atoms with van der Waals surface area (Å²) in [6.07, 6.45) is 0. The lowest BCUT2D eigenvalue weighted by atomic mass is 9.70. The van der Waals surface area contributed by atoms with Crippen LogP contribution in [0.15, 0.2) is 97.1 Å². The molecule has 0 atom stereocenters. The van der Waals surface area contributed by atoms with Crippen LogP contribution in [-0.4, -0.2) is 0 Å². The molecule has 0 aliphatic heterocycles. The molecular weight excluding hydrogens is 438 g/mol. The molecule has 0 aliphatic rings. The van der Waals surface area contributed by atoms with Crippen LogP contribution in [0.5, 0.6) is 17.2 Å². The number of hydrogen-bond acceptors (Lipinski definition) is 6. The predicted molar refractivity (Wildman–Crippen MR) is 138 cm³/mol. The van der Waals surface area contributed by atoms with E-state index in [9.17, 15) is 0 Å². The van der Waals surface area contributed by atoms with Crippen LogP contribution in [0.2, 0.25) is 0 Å². The first kappa shape index (κ1) is 24.3. The third kappa shape index (κ3) is 4.59. The van der Waals surface area contributed by atoms with Gasteiger partial charge in [0.05, 0.1) is 0 Å². The molecule has 0 aliphatic carbocycles. The first-order valence-corrected chi connectivity index (χ1v) is 11.4. The average molecular weight is 470 g/mol. The van der Waals surface area contributed by atoms with Crippen LogP contribution >= 0.6 is 0 Å². The van der Waals surface area contributed by atoms with Crippen LogP contribution in [0.4, 0.5) is 0 Å². The molecule has 4 aromatic carbocycles. The molecule has 0 heterocycles. The van der Waals surface area contributed by atoms with Crippen molar-refractivity contribution in [3.8, 4) is 17.2 Å². The molecule has 6 N–H and O–H groups in total. The Balaban J connectivity index is 1.77. The molecule has 0 saturated heterocycles. The molecule has 0 radical (unpaired) electrons. The van der Waals surface area contributed by atoms with Crippen LogP contribution < -0.4 is 32.2 Å². The zero-order chi connectivity index (χ0) is 25.1. The molecule has 4 rings (SSSR count). The van der Waals surface area contributed by atoms with Crippen LogP contribution in [-0.2, 0) is 10.8 Å². The summed E-state index contributed by atoms with van der Waals surface area (Å²) in [7, 11) is 0. The van der Waals surface area contributed by atoms with Gasteiger partial charge in [0.25, 0.3) is 0 Å². The number of rotatable bonds is 8. The van der Waals surface area contributed by atoms with Crippen LogP contribution in [0.25, 0.3) is 0 Å². The number of nitrogens with two attached hydrogens (primary N) is 3. The molecule has 0 aromatic heterocycles. The maximum absolute atomic E-state index is 5.35. The number of benzene rings is 4. The Bertz CT molecular complexity index is 1200. The largest absolute Gasteiger partial charge is 0.412 e. The minimum Gasteiger partial charge on any atom is -0.412 e. The summed E-state index contributed by atoms with van der Waals surface area (Å²) in [5.41, 5.74) is 5.07. The lowest BCUT2D eigenvalue weighted by Crippen LogP contribution is -2.26. The molecule has 6 heteroatoms. The minimum atomic E-state index is -0.441. The van der Waals surface area contributed by atoms with Crippen LogP contribution in [0.1, 0.15) is 48.6 Å². The fourth-order valence-electron chi connectivity index (χ4n) is 4.57. The van der Waals surface area contributed by atoms with Gasteiger partial charge >= 0.3 is 0 Å². The smallest absolute Gasteiger partial charge is 0.146 e. The van der Waals surface area contributed by atoms with Crippen molar-refractivity contribution in [1.29, 1.82) is 0 Å². The van der Waals surface area contributed by atoms with Gasteiger partial charge in [0.1, 0.15) is 17.2 Å². The van der Waals surface area contributed by atoms with E-state index in [1.807, 2.05) is 72.8 Å². The summed E-state index contributed by atoms with van der Waals surface area (Å²) >= 11 is 0. The molecule has 6 nitrogen and oxygen atoms in total. The van der Waals surface area contributed by atoms with Gasteiger partial charge in [0, 0.05) is 10.8 Å². The standard InChI is InChI=1S/C29H31N3O3/c1-28(2,21-8-14-25(33-30)15-9-21)20-4-6-22(7-5-20)29(3,23-10-16-26(34-31)17-11-23)24-12-18-27(35-32)19-13-24/h4-19H,30-32H2,1-3H3. The first-order valence-electron chi connectivity index (χ1n) is 11.4. The molecule has 0 spiro atoms. The highest BCUT2D eigenvalue weighted by Gasteiger charge is 2.32. The second-order valence-electron chi connectivity index (χ2n) is 9.25. The van der Waals surface area contributed by atoms with Gasteiger partial charge < -0.3 is 14.5 Å². The zero-order valence-corrected chi connectivity index (χ0v) is 20.2. The Morgan fingerprint density at radius 2 is 0.629 bits per heavy atom. The Hall–Kier alpha value is -3.84. The second kappa shape index (κ2) is 9.80. The summed E-state index contributed by atoms with van der Waals surface area (Å²) in [6, 6.07) is 32.2. The quantitative estimate of drug-likeness (QED) is 0.244. The Kier molecular flexibility index (Phi) is 6.80. The van der Waals surface area contributed by atoms with Gasteiger partial charge in [-0.05, 0) is 71.1 Å². The van der Waals surface area contributed by atoms with E-state index in [2.05, 4.69) is 45.0 Å². The molecule has 35 heavy (non-hydrogen) atoms. The molecule has 0 saturated carbocycles. The molecule has 4 aromatic rings. The Morgan fingerprint density at radius 1 is 0.400 bits per heavy atom. The topological polar surface area (TPSA) is 106 Å². The molecule has 180 valence electrons. The van der Waals surface area contributed by atoms with Crippen molar-refractivity contribution >= 4 is 0 Å². The van der Waals surface area contributed by atoms with Gasteiger partial charge in [-0.3, -0.25) is 0 Å². The summed E-state index contributed by atoms with van der Waals surface area (Å²) in [5.74, 6) is 17.8. The maximum Gasteiger partial charge on any atom is 0.146 e. The molecule has 0 amide bonds. The van der Waals surface area contributed by atoms with Crippen molar-refractivity contribution in [3.63, 3.8) is 0 Å². The van der Waals surface area contributed by atoms with Crippen molar-refractivity contribution in [1.82, 2.24) is 0 Å². The van der Waals surface area contributed by atoms with Crippen molar-refractivity contribution < 1.29 is 14.5 Å². The fraction of sp³-hybridized carbons (Fsp3) is 0.172. The summed E-state index contributed by atoms with van der Waals surface area (Å²) in [4.78, 5) is 14.6. The van der Waals surface area contributed by atoms with Gasteiger partial charge in [0.2, 0.25) is 0 Å². The van der Waals surface area contributed by atoms with Crippen molar-refractivity contribution in [2.45, 2.75) is 31.6 Å². The molecular formula is C29H31N3O3. The Labute approximate surface area is 206 Å². The SMILES string of the molecule is CC(C)(c1ccc(ON)cc1)c1ccc(C(C)(c2ccc(ON)cc2)c2ccc(ON)cc2)cc1. The fourth-order valence-corrected chi connectivity index (χ4v) is 4.57. The van der Waals surface area contributed by atoms with Gasteiger partial charge in [0.15, 0.2) is 0 Å². The lowest BCUT2D eigenvalue weighted by Gasteiger charge is -2.33. The van der Waals surface area contributed by atoms with Gasteiger partial charge in [-0.25, -0.2) is 0 Å². The van der Waals surface area contributed by atoms with Gasteiger partial charge in [-0.2, -0.15) is 17.7 Å². The van der Waals surface area contributed by atoms with E-state index in [1.165, 1.54) is 11.1 Å². The summed E-state index contributed by atoms with van der Waals surface area (Å²) in [5, 5.41) is 0. The van der Waals surface area contributed by atoms with E-state index in [0.29, 0.717) is 17.2 Å². The van der Waals surface area contributed by atoms with E-state index in [4.69, 9.17) is 32.2 Å². The molecule has 0 unspecified atom stereocenters. The predicted octanol–water partition coefficient (Wildman–Crippen LogP) is 5.12. The minimum absolute atomic E-state index is 0.206. The Morgan fingerprint density at radius 3 is 0.914 bits per heavy atom. The highest BCUT2D eigenvalue weighted by atomic mass is 16.6. The third-order valence-corrected chi connectivity index (χ3v) is 7.03. The van der Waals surface area contributed by atoms with Crippen molar-refractivity contribution in [2.75, 3.05) is 0 Å². The van der Waals surface area contributed by atoms with Crippen LogP contribution in [0.3, 0.4) is 0 Å². The van der Waals surface area contributed by atoms with E-state index in [1.54, 1.807) is 0 Å². The number of hydrogen-bond donors (Lipinski definition) is 3. The first-order chi connectivity index (χ1) is 16.8. The van der Waals surface area contributed by atoms with E-state index in [0.717, 1.165) is 16.7 Å². The van der Waals surface area contributed by atoms with Crippen molar-refractivity contribution in [2.24, 2.45) is 17.7 Å². The van der Waals surface area contributed by atoms with Crippen molar-refractivity contribution in [3.05, 3.63) is 125 Å². The van der Waals surface area contributed by atoms with Gasteiger partial charge in [-0.1, -0.05) is 74.5 Å².